The minimum absolute atomic E-state index is 0.135. The molecule has 0 bridgehead atoms. The highest BCUT2D eigenvalue weighted by atomic mass is 32.2. The molecular formula is C29H27N3O4S. The number of rotatable bonds is 4. The lowest BCUT2D eigenvalue weighted by Crippen LogP contribution is -2.42. The number of aliphatic imine (C=N–C) groups is 1. The van der Waals surface area contributed by atoms with Crippen LogP contribution in [0, 0.1) is 13.8 Å². The highest BCUT2D eigenvalue weighted by molar-refractivity contribution is 8.19. The van der Waals surface area contributed by atoms with Gasteiger partial charge in [-0.15, -0.1) is 0 Å². The van der Waals surface area contributed by atoms with Crippen LogP contribution in [-0.4, -0.2) is 48.4 Å². The zero-order valence-electron chi connectivity index (χ0n) is 20.7. The lowest BCUT2D eigenvalue weighted by Gasteiger charge is -2.25. The van der Waals surface area contributed by atoms with E-state index in [4.69, 9.17) is 14.5 Å². The van der Waals surface area contributed by atoms with Gasteiger partial charge in [-0.3, -0.25) is 9.69 Å². The molecular weight excluding hydrogens is 486 g/mol. The summed E-state index contributed by atoms with van der Waals surface area (Å²) in [7, 11) is 0. The Morgan fingerprint density at radius 3 is 2.30 bits per heavy atom. The lowest BCUT2D eigenvalue weighted by atomic mass is 10.1. The third-order valence-electron chi connectivity index (χ3n) is 6.12. The number of hydrogen-bond acceptors (Lipinski definition) is 6. The summed E-state index contributed by atoms with van der Waals surface area (Å²) in [5.74, 6) is 0.316. The van der Waals surface area contributed by atoms with Gasteiger partial charge < -0.3 is 14.4 Å². The standard InChI is InChI=1S/C29H27N3O4S/c1-20-7-6-8-21(2)26(20)30-28-32(23-9-4-3-5-10-23)27(33)25(37-28)19-22-11-13-24(14-12-22)36-29(34)31-15-17-35-18-16-31/h3-14,19H,15-18H2,1-2H3/b25-19+,30-28?. The number of anilines is 1. The van der Waals surface area contributed by atoms with Gasteiger partial charge in [0.25, 0.3) is 5.91 Å². The van der Waals surface area contributed by atoms with Crippen molar-refractivity contribution in [1.29, 1.82) is 0 Å². The van der Waals surface area contributed by atoms with E-state index < -0.39 is 0 Å². The normalized spacial score (nSPS) is 18.1. The number of hydrogen-bond donors (Lipinski definition) is 0. The molecule has 0 N–H and O–H groups in total. The van der Waals surface area contributed by atoms with Crippen molar-refractivity contribution in [2.45, 2.75) is 13.8 Å². The summed E-state index contributed by atoms with van der Waals surface area (Å²) in [6.07, 6.45) is 1.45. The van der Waals surface area contributed by atoms with Gasteiger partial charge in [0.05, 0.1) is 29.5 Å². The van der Waals surface area contributed by atoms with E-state index >= 15 is 0 Å². The lowest BCUT2D eigenvalue weighted by molar-refractivity contribution is -0.113. The molecule has 0 unspecified atom stereocenters. The highest BCUT2D eigenvalue weighted by Gasteiger charge is 2.35. The van der Waals surface area contributed by atoms with Crippen LogP contribution >= 0.6 is 11.8 Å². The van der Waals surface area contributed by atoms with Crippen molar-refractivity contribution in [3.8, 4) is 5.75 Å². The summed E-state index contributed by atoms with van der Waals surface area (Å²) in [5.41, 5.74) is 4.55. The first-order valence-electron chi connectivity index (χ1n) is 12.1. The summed E-state index contributed by atoms with van der Waals surface area (Å²) < 4.78 is 10.8. The van der Waals surface area contributed by atoms with Gasteiger partial charge in [0.2, 0.25) is 0 Å². The maximum absolute atomic E-state index is 13.5. The average molecular weight is 514 g/mol. The first-order valence-corrected chi connectivity index (χ1v) is 12.9. The van der Waals surface area contributed by atoms with Crippen molar-refractivity contribution < 1.29 is 19.1 Å². The minimum Gasteiger partial charge on any atom is -0.410 e. The summed E-state index contributed by atoms with van der Waals surface area (Å²) in [6, 6.07) is 22.7. The van der Waals surface area contributed by atoms with Crippen LogP contribution in [0.1, 0.15) is 16.7 Å². The molecule has 5 rings (SSSR count). The molecule has 0 saturated carbocycles. The maximum Gasteiger partial charge on any atom is 0.415 e. The van der Waals surface area contributed by atoms with E-state index in [9.17, 15) is 9.59 Å². The quantitative estimate of drug-likeness (QED) is 0.404. The Morgan fingerprint density at radius 2 is 1.62 bits per heavy atom. The number of benzene rings is 3. The topological polar surface area (TPSA) is 71.4 Å². The largest absolute Gasteiger partial charge is 0.415 e. The second kappa shape index (κ2) is 11.0. The SMILES string of the molecule is Cc1cccc(C)c1N=C1S/C(=C/c2ccc(OC(=O)N3CCOCC3)cc2)C(=O)N1c1ccccc1. The zero-order chi connectivity index (χ0) is 25.8. The van der Waals surface area contributed by atoms with Gasteiger partial charge in [-0.25, -0.2) is 9.79 Å². The number of para-hydroxylation sites is 2. The van der Waals surface area contributed by atoms with Gasteiger partial charge in [0.15, 0.2) is 5.17 Å². The molecule has 0 aromatic heterocycles. The van der Waals surface area contributed by atoms with Crippen LogP contribution in [0.5, 0.6) is 5.75 Å². The molecule has 37 heavy (non-hydrogen) atoms. The Bertz CT molecular complexity index is 1340. The molecule has 3 aromatic rings. The number of ether oxygens (including phenoxy) is 2. The van der Waals surface area contributed by atoms with Crippen LogP contribution < -0.4 is 9.64 Å². The van der Waals surface area contributed by atoms with Crippen LogP contribution in [0.25, 0.3) is 6.08 Å². The molecule has 2 fully saturated rings. The first-order chi connectivity index (χ1) is 18.0. The zero-order valence-corrected chi connectivity index (χ0v) is 21.5. The third-order valence-corrected chi connectivity index (χ3v) is 7.09. The first kappa shape index (κ1) is 24.8. The average Bonchev–Trinajstić information content (AvgIpc) is 3.22. The molecule has 0 atom stereocenters. The van der Waals surface area contributed by atoms with E-state index in [1.54, 1.807) is 21.9 Å². The Kier molecular flexibility index (Phi) is 7.39. The van der Waals surface area contributed by atoms with E-state index in [1.165, 1.54) is 11.8 Å². The van der Waals surface area contributed by atoms with Gasteiger partial charge in [-0.2, -0.15) is 0 Å². The Morgan fingerprint density at radius 1 is 0.946 bits per heavy atom. The van der Waals surface area contributed by atoms with Crippen molar-refractivity contribution in [3.05, 3.63) is 94.4 Å². The Hall–Kier alpha value is -3.88. The van der Waals surface area contributed by atoms with E-state index in [0.29, 0.717) is 42.1 Å². The summed E-state index contributed by atoms with van der Waals surface area (Å²) >= 11 is 1.35. The van der Waals surface area contributed by atoms with Crippen molar-refractivity contribution in [3.63, 3.8) is 0 Å². The fourth-order valence-electron chi connectivity index (χ4n) is 4.13. The summed E-state index contributed by atoms with van der Waals surface area (Å²) in [6.45, 7) is 6.11. The van der Waals surface area contributed by atoms with Crippen molar-refractivity contribution in [2.24, 2.45) is 4.99 Å². The molecule has 188 valence electrons. The Labute approximate surface area is 220 Å². The monoisotopic (exact) mass is 513 g/mol. The highest BCUT2D eigenvalue weighted by Crippen LogP contribution is 2.38. The van der Waals surface area contributed by atoms with Crippen LogP contribution in [0.2, 0.25) is 0 Å². The number of morpholine rings is 1. The molecule has 0 aliphatic carbocycles. The van der Waals surface area contributed by atoms with E-state index in [2.05, 4.69) is 0 Å². The van der Waals surface area contributed by atoms with Crippen LogP contribution in [0.15, 0.2) is 82.7 Å². The number of carbonyl (C=O) groups excluding carboxylic acids is 2. The van der Waals surface area contributed by atoms with Crippen LogP contribution in [0.3, 0.4) is 0 Å². The number of aryl methyl sites for hydroxylation is 2. The van der Waals surface area contributed by atoms with Crippen molar-refractivity contribution >= 4 is 46.4 Å². The van der Waals surface area contributed by atoms with Gasteiger partial charge in [-0.05, 0) is 72.6 Å². The molecule has 7 nitrogen and oxygen atoms in total. The van der Waals surface area contributed by atoms with Gasteiger partial charge in [0, 0.05) is 13.1 Å². The fourth-order valence-corrected chi connectivity index (χ4v) is 5.11. The van der Waals surface area contributed by atoms with E-state index in [-0.39, 0.29) is 12.0 Å². The van der Waals surface area contributed by atoms with Gasteiger partial charge in [0.1, 0.15) is 5.75 Å². The molecule has 3 aromatic carbocycles. The molecule has 2 aliphatic heterocycles. The molecule has 0 spiro atoms. The van der Waals surface area contributed by atoms with E-state index in [1.807, 2.05) is 80.6 Å². The Balaban J connectivity index is 1.40. The molecule has 8 heteroatoms. The second-order valence-electron chi connectivity index (χ2n) is 8.76. The van der Waals surface area contributed by atoms with E-state index in [0.717, 1.165) is 28.1 Å². The number of amides is 2. The number of thioether (sulfide) groups is 1. The molecule has 2 heterocycles. The predicted octanol–water partition coefficient (Wildman–Crippen LogP) is 5.94. The molecule has 2 amide bonds. The number of nitrogens with zero attached hydrogens (tertiary/aromatic N) is 3. The van der Waals surface area contributed by atoms with Crippen molar-refractivity contribution in [2.75, 3.05) is 31.2 Å². The smallest absolute Gasteiger partial charge is 0.410 e. The number of amidine groups is 1. The van der Waals surface area contributed by atoms with Crippen LogP contribution in [0.4, 0.5) is 16.2 Å². The summed E-state index contributed by atoms with van der Waals surface area (Å²) in [5, 5.41) is 0.607. The minimum atomic E-state index is -0.387. The molecule has 2 saturated heterocycles. The predicted molar refractivity (Wildman–Crippen MR) is 147 cm³/mol. The van der Waals surface area contributed by atoms with Gasteiger partial charge in [-0.1, -0.05) is 48.5 Å². The summed E-state index contributed by atoms with van der Waals surface area (Å²) in [4.78, 5) is 34.7. The molecule has 0 radical (unpaired) electrons. The fraction of sp³-hybridized carbons (Fsp3) is 0.207. The number of carbonyl (C=O) groups is 2. The second-order valence-corrected chi connectivity index (χ2v) is 9.77. The molecule has 2 aliphatic rings. The maximum atomic E-state index is 13.5. The van der Waals surface area contributed by atoms with Crippen molar-refractivity contribution in [1.82, 2.24) is 4.90 Å². The third kappa shape index (κ3) is 5.60. The van der Waals surface area contributed by atoms with Crippen LogP contribution in [-0.2, 0) is 9.53 Å². The van der Waals surface area contributed by atoms with Gasteiger partial charge >= 0.3 is 6.09 Å².